The molecule has 1 aromatic heterocycles. The van der Waals surface area contributed by atoms with Crippen LogP contribution >= 0.6 is 0 Å². The van der Waals surface area contributed by atoms with E-state index in [1.54, 1.807) is 13.8 Å². The molecule has 7 atom stereocenters. The molecule has 12 N–H and O–H groups in total. The van der Waals surface area contributed by atoms with E-state index in [-0.39, 0.29) is 43.9 Å². The topological polar surface area (TPSA) is 336 Å². The first-order chi connectivity index (χ1) is 28.3. The summed E-state index contributed by atoms with van der Waals surface area (Å²) < 4.78 is 0. The maximum absolute atomic E-state index is 14.3. The number of carbonyl (C=O) groups excluding carboxylic acids is 6. The number of hydrogen-bond acceptors (Lipinski definition) is 12. The number of carbonyl (C=O) groups is 8. The second-order valence-corrected chi connectivity index (χ2v) is 15.5. The normalized spacial score (nSPS) is 16.8. The fraction of sp³-hybridized carbons (Fsp3) is 0.564. The number of aliphatic hydroxyl groups is 1. The molecule has 0 bridgehead atoms. The van der Waals surface area contributed by atoms with Gasteiger partial charge in [-0.2, -0.15) is 0 Å². The number of likely N-dealkylation sites (tertiary alicyclic amines) is 1. The third-order valence-corrected chi connectivity index (χ3v) is 9.82. The lowest BCUT2D eigenvalue weighted by Gasteiger charge is -2.31. The molecule has 1 aliphatic heterocycles. The number of H-pyrrole nitrogens is 1. The van der Waals surface area contributed by atoms with E-state index < -0.39 is 115 Å². The van der Waals surface area contributed by atoms with Gasteiger partial charge in [-0.3, -0.25) is 33.6 Å². The van der Waals surface area contributed by atoms with Crippen LogP contribution in [0.3, 0.4) is 0 Å². The molecule has 1 saturated heterocycles. The van der Waals surface area contributed by atoms with Gasteiger partial charge < -0.3 is 62.6 Å². The summed E-state index contributed by atoms with van der Waals surface area (Å²) in [7, 11) is 0. The highest BCUT2D eigenvalue weighted by molar-refractivity contribution is 5.97. The quantitative estimate of drug-likeness (QED) is 0.0594. The summed E-state index contributed by atoms with van der Waals surface area (Å²) in [4.78, 5) is 114. The average molecular weight is 844 g/mol. The van der Waals surface area contributed by atoms with Gasteiger partial charge >= 0.3 is 11.9 Å². The van der Waals surface area contributed by atoms with Crippen molar-refractivity contribution in [1.82, 2.24) is 41.5 Å². The highest BCUT2D eigenvalue weighted by Gasteiger charge is 2.40. The number of aromatic hydroxyl groups is 1. The third-order valence-electron chi connectivity index (χ3n) is 9.82. The molecule has 1 aromatic carbocycles. The Hall–Kier alpha value is -6.09. The maximum Gasteiger partial charge on any atom is 0.326 e. The Morgan fingerprint density at radius 2 is 1.47 bits per heavy atom. The number of aromatic amines is 1. The highest BCUT2D eigenvalue weighted by atomic mass is 16.4. The van der Waals surface area contributed by atoms with E-state index in [2.05, 4.69) is 36.6 Å². The van der Waals surface area contributed by atoms with Crippen molar-refractivity contribution in [2.24, 2.45) is 17.6 Å². The van der Waals surface area contributed by atoms with Crippen molar-refractivity contribution in [1.29, 1.82) is 0 Å². The van der Waals surface area contributed by atoms with Crippen LogP contribution in [-0.4, -0.2) is 138 Å². The van der Waals surface area contributed by atoms with Crippen LogP contribution in [0.15, 0.2) is 36.8 Å². The Kier molecular flexibility index (Phi) is 18.4. The molecule has 21 heteroatoms. The number of nitrogens with two attached hydrogens (primary N) is 1. The van der Waals surface area contributed by atoms with Crippen LogP contribution in [0.4, 0.5) is 0 Å². The Bertz CT molecular complexity index is 1810. The number of carboxylic acids is 2. The number of aliphatic hydroxyl groups excluding tert-OH is 1. The number of imidazole rings is 1. The number of hydrogen-bond donors (Lipinski definition) is 11. The molecular weight excluding hydrogens is 786 g/mol. The standard InChI is InChI=1S/C39H57N9O12/c1-20(2)14-29(39(59)60)46-36(56)30-6-5-13-48(30)38(58)28(16-23-17-41-19-42-23)45-35(55)27(15-22-7-9-24(50)10-8-22)44-34(54)26(11-12-31(51)52)43-37(57)32(21(3)4)47-33(53)25(40)18-49/h7-10,17,19-21,25-30,32,49-50H,5-6,11-16,18,40H2,1-4H3,(H,41,42)(H,43,57)(H,44,54)(H,45,55)(H,46,56)(H,47,53)(H,51,52)(H,59,60)/t25-,26-,27-,28-,29-,30-,32-/m0/s1. The van der Waals surface area contributed by atoms with Crippen molar-refractivity contribution in [3.63, 3.8) is 0 Å². The van der Waals surface area contributed by atoms with E-state index in [4.69, 9.17) is 5.73 Å². The second kappa shape index (κ2) is 22.9. The molecule has 6 amide bonds. The maximum atomic E-state index is 14.3. The summed E-state index contributed by atoms with van der Waals surface area (Å²) in [5.74, 6) is -8.13. The molecule has 0 unspecified atom stereocenters. The zero-order chi connectivity index (χ0) is 44.7. The van der Waals surface area contributed by atoms with E-state index in [9.17, 15) is 58.8 Å². The lowest BCUT2D eigenvalue weighted by atomic mass is 10.0. The Morgan fingerprint density at radius 3 is 2.03 bits per heavy atom. The van der Waals surface area contributed by atoms with Gasteiger partial charge in [0.25, 0.3) is 0 Å². The van der Waals surface area contributed by atoms with Gasteiger partial charge in [-0.05, 0) is 55.2 Å². The van der Waals surface area contributed by atoms with Crippen molar-refractivity contribution < 1.29 is 58.8 Å². The number of nitrogens with zero attached hydrogens (tertiary/aromatic N) is 2. The summed E-state index contributed by atoms with van der Waals surface area (Å²) in [5, 5.41) is 51.0. The first-order valence-corrected chi connectivity index (χ1v) is 19.7. The molecule has 0 aliphatic carbocycles. The first-order valence-electron chi connectivity index (χ1n) is 19.7. The Labute approximate surface area is 346 Å². The highest BCUT2D eigenvalue weighted by Crippen LogP contribution is 2.21. The number of nitrogens with one attached hydrogen (secondary N) is 6. The number of rotatable bonds is 23. The molecule has 1 fully saturated rings. The zero-order valence-electron chi connectivity index (χ0n) is 34.1. The third kappa shape index (κ3) is 14.6. The molecule has 0 spiro atoms. The van der Waals surface area contributed by atoms with Crippen molar-refractivity contribution in [2.75, 3.05) is 13.2 Å². The van der Waals surface area contributed by atoms with E-state index in [1.807, 2.05) is 13.8 Å². The number of aliphatic carboxylic acids is 2. The number of phenolic OH excluding ortho intramolecular Hbond substituents is 1. The van der Waals surface area contributed by atoms with Crippen LogP contribution in [0.25, 0.3) is 0 Å². The molecule has 0 radical (unpaired) electrons. The molecule has 2 heterocycles. The van der Waals surface area contributed by atoms with Gasteiger partial charge in [-0.1, -0.05) is 39.8 Å². The molecule has 0 saturated carbocycles. The fourth-order valence-corrected chi connectivity index (χ4v) is 6.58. The number of benzene rings is 1. The van der Waals surface area contributed by atoms with Gasteiger partial charge in [-0.25, -0.2) is 9.78 Å². The van der Waals surface area contributed by atoms with E-state index in [0.29, 0.717) is 17.7 Å². The van der Waals surface area contributed by atoms with Crippen LogP contribution in [0.1, 0.15) is 71.1 Å². The van der Waals surface area contributed by atoms with Gasteiger partial charge in [-0.15, -0.1) is 0 Å². The van der Waals surface area contributed by atoms with Gasteiger partial charge in [0.15, 0.2) is 0 Å². The molecule has 60 heavy (non-hydrogen) atoms. The lowest BCUT2D eigenvalue weighted by molar-refractivity contribution is -0.145. The molecule has 1 aliphatic rings. The smallest absolute Gasteiger partial charge is 0.326 e. The van der Waals surface area contributed by atoms with Gasteiger partial charge in [0, 0.05) is 37.7 Å². The van der Waals surface area contributed by atoms with E-state index >= 15 is 0 Å². The van der Waals surface area contributed by atoms with Gasteiger partial charge in [0.2, 0.25) is 35.4 Å². The Morgan fingerprint density at radius 1 is 0.833 bits per heavy atom. The second-order valence-electron chi connectivity index (χ2n) is 15.5. The number of amides is 6. The number of carboxylic acid groups (broad SMARTS) is 2. The number of aromatic nitrogens is 2. The molecule has 21 nitrogen and oxygen atoms in total. The minimum Gasteiger partial charge on any atom is -0.508 e. The molecule has 2 aromatic rings. The summed E-state index contributed by atoms with van der Waals surface area (Å²) in [6.45, 7) is 6.22. The largest absolute Gasteiger partial charge is 0.508 e. The first kappa shape index (κ1) is 48.3. The van der Waals surface area contributed by atoms with Crippen LogP contribution in [0.2, 0.25) is 0 Å². The van der Waals surface area contributed by atoms with Crippen molar-refractivity contribution in [3.8, 4) is 5.75 Å². The van der Waals surface area contributed by atoms with Crippen LogP contribution < -0.4 is 32.3 Å². The van der Waals surface area contributed by atoms with Crippen molar-refractivity contribution in [2.45, 2.75) is 115 Å². The lowest BCUT2D eigenvalue weighted by Crippen LogP contribution is -2.61. The molecule has 330 valence electrons. The summed E-state index contributed by atoms with van der Waals surface area (Å²) in [5.41, 5.74) is 6.47. The SMILES string of the molecule is CC(C)C[C@H](NC(=O)[C@@H]1CCCN1C(=O)[C@H](Cc1cnc[nH]1)NC(=O)[C@H](Cc1ccc(O)cc1)NC(=O)[C@H](CCC(=O)O)NC(=O)[C@@H](NC(=O)[C@@H](N)CO)C(C)C)C(=O)O. The van der Waals surface area contributed by atoms with Gasteiger partial charge in [0.1, 0.15) is 48.0 Å². The van der Waals surface area contributed by atoms with Gasteiger partial charge in [0.05, 0.1) is 12.9 Å². The summed E-state index contributed by atoms with van der Waals surface area (Å²) >= 11 is 0. The number of phenols is 1. The molecule has 3 rings (SSSR count). The predicted molar refractivity (Wildman–Crippen MR) is 212 cm³/mol. The molecular formula is C39H57N9O12. The van der Waals surface area contributed by atoms with Crippen LogP contribution in [-0.2, 0) is 51.2 Å². The Balaban J connectivity index is 1.94. The van der Waals surface area contributed by atoms with Crippen molar-refractivity contribution in [3.05, 3.63) is 48.0 Å². The minimum absolute atomic E-state index is 0.0538. The monoisotopic (exact) mass is 843 g/mol. The van der Waals surface area contributed by atoms with E-state index in [0.717, 1.165) is 0 Å². The van der Waals surface area contributed by atoms with Crippen molar-refractivity contribution >= 4 is 47.4 Å². The predicted octanol–water partition coefficient (Wildman–Crippen LogP) is -1.71. The fourth-order valence-electron chi connectivity index (χ4n) is 6.58. The van der Waals surface area contributed by atoms with Crippen LogP contribution in [0.5, 0.6) is 5.75 Å². The zero-order valence-corrected chi connectivity index (χ0v) is 34.1. The summed E-state index contributed by atoms with van der Waals surface area (Å²) in [6.07, 6.45) is 2.22. The summed E-state index contributed by atoms with van der Waals surface area (Å²) in [6, 6.07) is -3.54. The van der Waals surface area contributed by atoms with E-state index in [1.165, 1.54) is 41.7 Å². The minimum atomic E-state index is -1.55. The average Bonchev–Trinajstić information content (AvgIpc) is 3.90. The van der Waals surface area contributed by atoms with Crippen LogP contribution in [0, 0.1) is 11.8 Å².